The first-order valence-electron chi connectivity index (χ1n) is 8.44. The standard InChI is InChI=1S/C22H19NO2/c1-3-25-22-9-8-18(17-6-4-5-7-19(17)22)20-13-16-12-15(2)10-11-23(16)21(20)14-24/h4-14H,3H2,1-2H3. The van der Waals surface area contributed by atoms with Crippen molar-refractivity contribution >= 4 is 22.6 Å². The molecule has 0 radical (unpaired) electrons. The van der Waals surface area contributed by atoms with Crippen LogP contribution in [0.15, 0.2) is 60.8 Å². The monoisotopic (exact) mass is 329 g/mol. The van der Waals surface area contributed by atoms with Gasteiger partial charge in [-0.05, 0) is 60.7 Å². The molecule has 3 heteroatoms. The van der Waals surface area contributed by atoms with Gasteiger partial charge in [-0.25, -0.2) is 0 Å². The lowest BCUT2D eigenvalue weighted by Gasteiger charge is -2.11. The summed E-state index contributed by atoms with van der Waals surface area (Å²) in [5, 5.41) is 2.15. The van der Waals surface area contributed by atoms with E-state index in [1.807, 2.05) is 47.9 Å². The number of hydrogen-bond acceptors (Lipinski definition) is 2. The fourth-order valence-electron chi connectivity index (χ4n) is 3.43. The summed E-state index contributed by atoms with van der Waals surface area (Å²) in [6, 6.07) is 18.4. The highest BCUT2D eigenvalue weighted by molar-refractivity contribution is 6.04. The Labute approximate surface area is 146 Å². The molecule has 0 aliphatic rings. The first-order valence-corrected chi connectivity index (χ1v) is 8.44. The van der Waals surface area contributed by atoms with E-state index in [1.165, 1.54) is 5.56 Å². The SMILES string of the molecule is CCOc1ccc(-c2cc3cc(C)ccn3c2C=O)c2ccccc12. The highest BCUT2D eigenvalue weighted by atomic mass is 16.5. The van der Waals surface area contributed by atoms with E-state index in [0.29, 0.717) is 12.3 Å². The van der Waals surface area contributed by atoms with Gasteiger partial charge in [0, 0.05) is 22.7 Å². The smallest absolute Gasteiger partial charge is 0.167 e. The van der Waals surface area contributed by atoms with Gasteiger partial charge in [0.2, 0.25) is 0 Å². The van der Waals surface area contributed by atoms with E-state index in [1.54, 1.807) is 0 Å². The average molecular weight is 329 g/mol. The molecule has 0 amide bonds. The van der Waals surface area contributed by atoms with Crippen molar-refractivity contribution in [2.45, 2.75) is 13.8 Å². The van der Waals surface area contributed by atoms with Gasteiger partial charge in [-0.15, -0.1) is 0 Å². The van der Waals surface area contributed by atoms with Gasteiger partial charge in [-0.3, -0.25) is 4.79 Å². The average Bonchev–Trinajstić information content (AvgIpc) is 2.99. The minimum absolute atomic E-state index is 0.623. The number of aryl methyl sites for hydroxylation is 1. The van der Waals surface area contributed by atoms with Gasteiger partial charge in [-0.1, -0.05) is 24.3 Å². The van der Waals surface area contributed by atoms with Gasteiger partial charge in [0.1, 0.15) is 5.75 Å². The van der Waals surface area contributed by atoms with Gasteiger partial charge in [0.05, 0.1) is 12.3 Å². The number of benzene rings is 2. The van der Waals surface area contributed by atoms with Crippen LogP contribution < -0.4 is 4.74 Å². The van der Waals surface area contributed by atoms with E-state index < -0.39 is 0 Å². The molecular formula is C22H19NO2. The number of fused-ring (bicyclic) bond motifs is 2. The minimum Gasteiger partial charge on any atom is -0.493 e. The van der Waals surface area contributed by atoms with E-state index in [9.17, 15) is 4.79 Å². The zero-order chi connectivity index (χ0) is 17.4. The van der Waals surface area contributed by atoms with Crippen molar-refractivity contribution in [3.05, 3.63) is 72.1 Å². The molecule has 3 nitrogen and oxygen atoms in total. The Morgan fingerprint density at radius 1 is 1.00 bits per heavy atom. The Bertz CT molecular complexity index is 1090. The zero-order valence-electron chi connectivity index (χ0n) is 14.3. The Morgan fingerprint density at radius 3 is 2.56 bits per heavy atom. The number of aldehydes is 1. The van der Waals surface area contributed by atoms with Crippen LogP contribution in [0.3, 0.4) is 0 Å². The van der Waals surface area contributed by atoms with Gasteiger partial charge < -0.3 is 9.14 Å². The molecule has 0 N–H and O–H groups in total. The van der Waals surface area contributed by atoms with Crippen molar-refractivity contribution in [1.82, 2.24) is 4.40 Å². The van der Waals surface area contributed by atoms with Crippen LogP contribution in [0.4, 0.5) is 0 Å². The molecule has 2 aromatic carbocycles. The van der Waals surface area contributed by atoms with Crippen LogP contribution in [0.2, 0.25) is 0 Å². The number of hydrogen-bond donors (Lipinski definition) is 0. The number of aromatic nitrogens is 1. The van der Waals surface area contributed by atoms with Gasteiger partial charge in [0.25, 0.3) is 0 Å². The zero-order valence-corrected chi connectivity index (χ0v) is 14.3. The molecule has 0 fully saturated rings. The Kier molecular flexibility index (Phi) is 3.77. The lowest BCUT2D eigenvalue weighted by atomic mass is 9.98. The maximum absolute atomic E-state index is 11.8. The molecule has 4 aromatic rings. The summed E-state index contributed by atoms with van der Waals surface area (Å²) in [5.41, 5.74) is 4.85. The Morgan fingerprint density at radius 2 is 1.80 bits per heavy atom. The second-order valence-electron chi connectivity index (χ2n) is 6.15. The lowest BCUT2D eigenvalue weighted by Crippen LogP contribution is -1.95. The first kappa shape index (κ1) is 15.5. The minimum atomic E-state index is 0.623. The molecule has 2 aromatic heterocycles. The third-order valence-corrected chi connectivity index (χ3v) is 4.55. The van der Waals surface area contributed by atoms with Crippen LogP contribution in [0.1, 0.15) is 23.0 Å². The third kappa shape index (κ3) is 2.49. The second kappa shape index (κ2) is 6.10. The van der Waals surface area contributed by atoms with Crippen molar-refractivity contribution < 1.29 is 9.53 Å². The molecule has 0 unspecified atom stereocenters. The van der Waals surface area contributed by atoms with Crippen molar-refractivity contribution in [2.24, 2.45) is 0 Å². The van der Waals surface area contributed by atoms with E-state index in [4.69, 9.17) is 4.74 Å². The molecule has 0 spiro atoms. The predicted octanol–water partition coefficient (Wildman–Crippen LogP) is 5.28. The first-order chi connectivity index (χ1) is 12.2. The molecule has 0 aliphatic heterocycles. The van der Waals surface area contributed by atoms with Gasteiger partial charge in [-0.2, -0.15) is 0 Å². The molecule has 2 heterocycles. The van der Waals surface area contributed by atoms with Gasteiger partial charge >= 0.3 is 0 Å². The number of pyridine rings is 1. The quantitative estimate of drug-likeness (QED) is 0.477. The number of rotatable bonds is 4. The molecule has 0 bridgehead atoms. The van der Waals surface area contributed by atoms with E-state index in [-0.39, 0.29) is 0 Å². The molecule has 0 aliphatic carbocycles. The molecule has 4 rings (SSSR count). The fourth-order valence-corrected chi connectivity index (χ4v) is 3.43. The van der Waals surface area contributed by atoms with Gasteiger partial charge in [0.15, 0.2) is 6.29 Å². The largest absolute Gasteiger partial charge is 0.493 e. The summed E-state index contributed by atoms with van der Waals surface area (Å²) in [5.74, 6) is 0.870. The lowest BCUT2D eigenvalue weighted by molar-refractivity contribution is 0.111. The van der Waals surface area contributed by atoms with Crippen LogP contribution in [0, 0.1) is 6.92 Å². The van der Waals surface area contributed by atoms with Crippen molar-refractivity contribution in [2.75, 3.05) is 6.61 Å². The number of ether oxygens (including phenoxy) is 1. The van der Waals surface area contributed by atoms with Crippen LogP contribution in [0.25, 0.3) is 27.4 Å². The summed E-state index contributed by atoms with van der Waals surface area (Å²) in [7, 11) is 0. The van der Waals surface area contributed by atoms with E-state index in [0.717, 1.165) is 39.5 Å². The number of nitrogens with zero attached hydrogens (tertiary/aromatic N) is 1. The van der Waals surface area contributed by atoms with Crippen LogP contribution in [0.5, 0.6) is 5.75 Å². The van der Waals surface area contributed by atoms with Crippen LogP contribution in [-0.4, -0.2) is 17.3 Å². The highest BCUT2D eigenvalue weighted by Gasteiger charge is 2.15. The third-order valence-electron chi connectivity index (χ3n) is 4.55. The fraction of sp³-hybridized carbons (Fsp3) is 0.136. The number of carbonyl (C=O) groups excluding carboxylic acids is 1. The molecular weight excluding hydrogens is 310 g/mol. The maximum atomic E-state index is 11.8. The summed E-state index contributed by atoms with van der Waals surface area (Å²) >= 11 is 0. The summed E-state index contributed by atoms with van der Waals surface area (Å²) < 4.78 is 7.71. The van der Waals surface area contributed by atoms with Crippen molar-refractivity contribution in [1.29, 1.82) is 0 Å². The second-order valence-corrected chi connectivity index (χ2v) is 6.15. The topological polar surface area (TPSA) is 30.7 Å². The number of carbonyl (C=O) groups is 1. The Hall–Kier alpha value is -3.07. The van der Waals surface area contributed by atoms with E-state index in [2.05, 4.69) is 31.2 Å². The highest BCUT2D eigenvalue weighted by Crippen LogP contribution is 2.37. The normalized spacial score (nSPS) is 11.1. The van der Waals surface area contributed by atoms with E-state index >= 15 is 0 Å². The van der Waals surface area contributed by atoms with Crippen molar-refractivity contribution in [3.63, 3.8) is 0 Å². The summed E-state index contributed by atoms with van der Waals surface area (Å²) in [6.07, 6.45) is 2.89. The molecule has 124 valence electrons. The molecule has 25 heavy (non-hydrogen) atoms. The summed E-state index contributed by atoms with van der Waals surface area (Å²) in [6.45, 7) is 4.66. The summed E-state index contributed by atoms with van der Waals surface area (Å²) in [4.78, 5) is 11.8. The molecule has 0 saturated heterocycles. The van der Waals surface area contributed by atoms with Crippen molar-refractivity contribution in [3.8, 4) is 16.9 Å². The molecule has 0 atom stereocenters. The molecule has 0 saturated carbocycles. The maximum Gasteiger partial charge on any atom is 0.167 e. The van der Waals surface area contributed by atoms with Crippen LogP contribution in [-0.2, 0) is 0 Å². The Balaban J connectivity index is 2.04. The van der Waals surface area contributed by atoms with Crippen LogP contribution >= 0.6 is 0 Å². The predicted molar refractivity (Wildman–Crippen MR) is 102 cm³/mol.